The molecule has 0 heterocycles. The summed E-state index contributed by atoms with van der Waals surface area (Å²) in [4.78, 5) is 11.6. The van der Waals surface area contributed by atoms with Gasteiger partial charge in [-0.3, -0.25) is 4.79 Å². The molecule has 0 spiro atoms. The van der Waals surface area contributed by atoms with Crippen LogP contribution in [0.4, 0.5) is 8.78 Å². The van der Waals surface area contributed by atoms with Crippen molar-refractivity contribution in [3.05, 3.63) is 35.4 Å². The van der Waals surface area contributed by atoms with E-state index in [1.54, 1.807) is 0 Å². The smallest absolute Gasteiger partial charge is 0.225 e. The summed E-state index contributed by atoms with van der Waals surface area (Å²) in [7, 11) is 0. The second-order valence-corrected chi connectivity index (χ2v) is 5.88. The summed E-state index contributed by atoms with van der Waals surface area (Å²) < 4.78 is 26.2. The van der Waals surface area contributed by atoms with Crippen molar-refractivity contribution in [3.8, 4) is 0 Å². The van der Waals surface area contributed by atoms with E-state index < -0.39 is 17.0 Å². The molecule has 1 rings (SSSR count). The highest BCUT2D eigenvalue weighted by atomic mass is 19.1. The average Bonchev–Trinajstić information content (AvgIpc) is 2.31. The molecule has 0 saturated heterocycles. The van der Waals surface area contributed by atoms with Gasteiger partial charge in [0.1, 0.15) is 11.6 Å². The molecule has 0 saturated carbocycles. The molecule has 0 aliphatic heterocycles. The Morgan fingerprint density at radius 3 is 2.20 bits per heavy atom. The van der Waals surface area contributed by atoms with Crippen LogP contribution in [-0.4, -0.2) is 19.0 Å². The molecule has 1 amide bonds. The van der Waals surface area contributed by atoms with Crippen LogP contribution in [0.5, 0.6) is 0 Å². The van der Waals surface area contributed by atoms with Gasteiger partial charge in [0, 0.05) is 30.6 Å². The summed E-state index contributed by atoms with van der Waals surface area (Å²) in [5.74, 6) is -1.20. The van der Waals surface area contributed by atoms with Gasteiger partial charge in [0.25, 0.3) is 0 Å². The zero-order chi connectivity index (χ0) is 15.3. The van der Waals surface area contributed by atoms with Crippen molar-refractivity contribution in [2.75, 3.05) is 13.1 Å². The molecule has 1 atom stereocenters. The molecular weight excluding hydrogens is 262 g/mol. The maximum Gasteiger partial charge on any atom is 0.225 e. The molecule has 0 unspecified atom stereocenters. The summed E-state index contributed by atoms with van der Waals surface area (Å²) in [6.45, 7) is 8.34. The highest BCUT2D eigenvalue weighted by Gasteiger charge is 2.20. The SMILES string of the molecule is C[C@@H](NCCNC(=O)C(C)(C)C)c1cc(F)cc(F)c1. The van der Waals surface area contributed by atoms with Gasteiger partial charge < -0.3 is 10.6 Å². The molecule has 1 aromatic carbocycles. The zero-order valence-electron chi connectivity index (χ0n) is 12.4. The van der Waals surface area contributed by atoms with Gasteiger partial charge in [-0.2, -0.15) is 0 Å². The lowest BCUT2D eigenvalue weighted by atomic mass is 9.96. The third-order valence-corrected chi connectivity index (χ3v) is 2.93. The van der Waals surface area contributed by atoms with Crippen LogP contribution >= 0.6 is 0 Å². The fourth-order valence-corrected chi connectivity index (χ4v) is 1.67. The van der Waals surface area contributed by atoms with Crippen LogP contribution in [0.1, 0.15) is 39.3 Å². The number of benzene rings is 1. The van der Waals surface area contributed by atoms with Crippen LogP contribution in [0.25, 0.3) is 0 Å². The van der Waals surface area contributed by atoms with Gasteiger partial charge in [0.2, 0.25) is 5.91 Å². The zero-order valence-corrected chi connectivity index (χ0v) is 12.4. The Kier molecular flexibility index (Phi) is 5.62. The van der Waals surface area contributed by atoms with Crippen LogP contribution in [0.15, 0.2) is 18.2 Å². The minimum atomic E-state index is -0.588. The van der Waals surface area contributed by atoms with Gasteiger partial charge in [0.15, 0.2) is 0 Å². The highest BCUT2D eigenvalue weighted by Crippen LogP contribution is 2.15. The third kappa shape index (κ3) is 5.25. The first-order valence-corrected chi connectivity index (χ1v) is 6.68. The van der Waals surface area contributed by atoms with Gasteiger partial charge >= 0.3 is 0 Å². The number of amides is 1. The molecule has 5 heteroatoms. The summed E-state index contributed by atoms with van der Waals surface area (Å²) in [5.41, 5.74) is 0.127. The van der Waals surface area contributed by atoms with E-state index in [-0.39, 0.29) is 11.9 Å². The summed E-state index contributed by atoms with van der Waals surface area (Å²) in [6.07, 6.45) is 0. The number of carbonyl (C=O) groups is 1. The van der Waals surface area contributed by atoms with Gasteiger partial charge in [-0.05, 0) is 24.6 Å². The lowest BCUT2D eigenvalue weighted by molar-refractivity contribution is -0.128. The van der Waals surface area contributed by atoms with Crippen molar-refractivity contribution in [1.82, 2.24) is 10.6 Å². The quantitative estimate of drug-likeness (QED) is 0.816. The predicted octanol–water partition coefficient (Wildman–Crippen LogP) is 2.78. The van der Waals surface area contributed by atoms with E-state index in [1.165, 1.54) is 12.1 Å². The first-order chi connectivity index (χ1) is 9.20. The molecule has 3 nitrogen and oxygen atoms in total. The van der Waals surface area contributed by atoms with Crippen LogP contribution in [0, 0.1) is 17.0 Å². The van der Waals surface area contributed by atoms with E-state index >= 15 is 0 Å². The van der Waals surface area contributed by atoms with Crippen molar-refractivity contribution in [2.45, 2.75) is 33.7 Å². The van der Waals surface area contributed by atoms with Crippen molar-refractivity contribution in [2.24, 2.45) is 5.41 Å². The normalized spacial score (nSPS) is 13.1. The Bertz CT molecular complexity index is 449. The van der Waals surface area contributed by atoms with Gasteiger partial charge in [0.05, 0.1) is 0 Å². The summed E-state index contributed by atoms with van der Waals surface area (Å²) >= 11 is 0. The summed E-state index contributed by atoms with van der Waals surface area (Å²) in [6, 6.07) is 3.26. The average molecular weight is 284 g/mol. The first-order valence-electron chi connectivity index (χ1n) is 6.68. The van der Waals surface area contributed by atoms with E-state index in [9.17, 15) is 13.6 Å². The number of halogens is 2. The lowest BCUT2D eigenvalue weighted by Crippen LogP contribution is -2.39. The van der Waals surface area contributed by atoms with E-state index in [0.717, 1.165) is 6.07 Å². The number of nitrogens with one attached hydrogen (secondary N) is 2. The van der Waals surface area contributed by atoms with Crippen LogP contribution < -0.4 is 10.6 Å². The second-order valence-electron chi connectivity index (χ2n) is 5.88. The number of rotatable bonds is 5. The largest absolute Gasteiger partial charge is 0.354 e. The Balaban J connectivity index is 2.40. The van der Waals surface area contributed by atoms with Crippen molar-refractivity contribution in [3.63, 3.8) is 0 Å². The second kappa shape index (κ2) is 6.79. The van der Waals surface area contributed by atoms with Crippen LogP contribution in [-0.2, 0) is 4.79 Å². The molecule has 0 aliphatic rings. The molecule has 2 N–H and O–H groups in total. The van der Waals surface area contributed by atoms with Crippen molar-refractivity contribution >= 4 is 5.91 Å². The first kappa shape index (κ1) is 16.6. The molecule has 0 aliphatic carbocycles. The molecule has 0 aromatic heterocycles. The number of hydrogen-bond acceptors (Lipinski definition) is 2. The van der Waals surface area contributed by atoms with E-state index in [1.807, 2.05) is 27.7 Å². The topological polar surface area (TPSA) is 41.1 Å². The monoisotopic (exact) mass is 284 g/mol. The Morgan fingerprint density at radius 1 is 1.15 bits per heavy atom. The minimum Gasteiger partial charge on any atom is -0.354 e. The molecule has 0 bridgehead atoms. The fourth-order valence-electron chi connectivity index (χ4n) is 1.67. The molecule has 0 radical (unpaired) electrons. The van der Waals surface area contributed by atoms with Gasteiger partial charge in [-0.15, -0.1) is 0 Å². The lowest BCUT2D eigenvalue weighted by Gasteiger charge is -2.19. The minimum absolute atomic E-state index is 0.0243. The number of carbonyl (C=O) groups excluding carboxylic acids is 1. The fraction of sp³-hybridized carbons (Fsp3) is 0.533. The van der Waals surface area contributed by atoms with E-state index in [2.05, 4.69) is 10.6 Å². The summed E-state index contributed by atoms with van der Waals surface area (Å²) in [5, 5.41) is 5.91. The van der Waals surface area contributed by atoms with Gasteiger partial charge in [-0.1, -0.05) is 20.8 Å². The molecule has 112 valence electrons. The van der Waals surface area contributed by atoms with Crippen LogP contribution in [0.2, 0.25) is 0 Å². The Labute approximate surface area is 118 Å². The molecular formula is C15H22F2N2O. The maximum absolute atomic E-state index is 13.1. The molecule has 20 heavy (non-hydrogen) atoms. The van der Waals surface area contributed by atoms with Crippen molar-refractivity contribution in [1.29, 1.82) is 0 Å². The van der Waals surface area contributed by atoms with Gasteiger partial charge in [-0.25, -0.2) is 8.78 Å². The van der Waals surface area contributed by atoms with Crippen molar-refractivity contribution < 1.29 is 13.6 Å². The Hall–Kier alpha value is -1.49. The third-order valence-electron chi connectivity index (χ3n) is 2.93. The Morgan fingerprint density at radius 2 is 1.70 bits per heavy atom. The predicted molar refractivity (Wildman–Crippen MR) is 75.2 cm³/mol. The van der Waals surface area contributed by atoms with E-state index in [0.29, 0.717) is 18.7 Å². The van der Waals surface area contributed by atoms with Crippen LogP contribution in [0.3, 0.4) is 0 Å². The number of hydrogen-bond donors (Lipinski definition) is 2. The standard InChI is InChI=1S/C15H22F2N2O/c1-10(11-7-12(16)9-13(17)8-11)18-5-6-19-14(20)15(2,3)4/h7-10,18H,5-6H2,1-4H3,(H,19,20)/t10-/m1/s1. The van der Waals surface area contributed by atoms with E-state index in [4.69, 9.17) is 0 Å². The molecule has 0 fully saturated rings. The molecule has 1 aromatic rings. The highest BCUT2D eigenvalue weighted by molar-refractivity contribution is 5.81. The maximum atomic E-state index is 13.1.